The summed E-state index contributed by atoms with van der Waals surface area (Å²) in [6.07, 6.45) is 0. The van der Waals surface area contributed by atoms with Gasteiger partial charge in [0.05, 0.1) is 12.6 Å². The maximum atomic E-state index is 13.2. The molecule has 1 amide bonds. The molecule has 0 saturated carbocycles. The van der Waals surface area contributed by atoms with Crippen LogP contribution < -0.4 is 0 Å². The van der Waals surface area contributed by atoms with Crippen molar-refractivity contribution < 1.29 is 15.0 Å². The Labute approximate surface area is 152 Å². The van der Waals surface area contributed by atoms with Gasteiger partial charge in [0.15, 0.2) is 5.72 Å². The lowest BCUT2D eigenvalue weighted by Crippen LogP contribution is -2.47. The third-order valence-corrected chi connectivity index (χ3v) is 4.95. The summed E-state index contributed by atoms with van der Waals surface area (Å²) < 4.78 is 0. The zero-order chi connectivity index (χ0) is 18.1. The number of hydrogen-bond donors (Lipinski definition) is 2. The lowest BCUT2D eigenvalue weighted by molar-refractivity contribution is -0.0795. The van der Waals surface area contributed by atoms with E-state index in [0.717, 1.165) is 5.56 Å². The molecule has 0 bridgehead atoms. The number of benzene rings is 3. The van der Waals surface area contributed by atoms with Crippen LogP contribution in [0.25, 0.3) is 0 Å². The molecule has 1 unspecified atom stereocenters. The highest BCUT2D eigenvalue weighted by molar-refractivity contribution is 6.00. The second-order valence-corrected chi connectivity index (χ2v) is 6.37. The van der Waals surface area contributed by atoms with Crippen molar-refractivity contribution in [2.45, 2.75) is 11.8 Å². The Morgan fingerprint density at radius 3 is 2.08 bits per heavy atom. The molecule has 0 spiro atoms. The molecule has 130 valence electrons. The second-order valence-electron chi connectivity index (χ2n) is 6.37. The fourth-order valence-electron chi connectivity index (χ4n) is 3.72. The second kappa shape index (κ2) is 6.41. The predicted octanol–water partition coefficient (Wildman–Crippen LogP) is 3.07. The highest BCUT2D eigenvalue weighted by atomic mass is 16.3. The van der Waals surface area contributed by atoms with E-state index >= 15 is 0 Å². The van der Waals surface area contributed by atoms with E-state index in [1.165, 1.54) is 4.90 Å². The Kier molecular flexibility index (Phi) is 4.07. The van der Waals surface area contributed by atoms with Crippen LogP contribution in [0.4, 0.5) is 0 Å². The SMILES string of the molecule is O=C1c2ccccc2C(O)(c2ccccc2)N1[C@H](CO)c1ccccc1. The van der Waals surface area contributed by atoms with E-state index in [1.807, 2.05) is 48.5 Å². The summed E-state index contributed by atoms with van der Waals surface area (Å²) in [7, 11) is 0. The molecule has 3 aromatic carbocycles. The quantitative estimate of drug-likeness (QED) is 0.764. The number of nitrogens with zero attached hydrogens (tertiary/aromatic N) is 1. The van der Waals surface area contributed by atoms with Crippen molar-refractivity contribution in [1.82, 2.24) is 4.90 Å². The lowest BCUT2D eigenvalue weighted by Gasteiger charge is -2.39. The number of fused-ring (bicyclic) bond motifs is 1. The van der Waals surface area contributed by atoms with Gasteiger partial charge in [-0.25, -0.2) is 0 Å². The van der Waals surface area contributed by atoms with Crippen LogP contribution in [0, 0.1) is 0 Å². The molecule has 0 saturated heterocycles. The van der Waals surface area contributed by atoms with Gasteiger partial charge in [-0.15, -0.1) is 0 Å². The first kappa shape index (κ1) is 16.5. The molecule has 4 heteroatoms. The van der Waals surface area contributed by atoms with Gasteiger partial charge in [-0.3, -0.25) is 9.69 Å². The molecule has 0 radical (unpaired) electrons. The summed E-state index contributed by atoms with van der Waals surface area (Å²) in [5.74, 6) is -0.296. The number of carbonyl (C=O) groups is 1. The minimum absolute atomic E-state index is 0.293. The van der Waals surface area contributed by atoms with Gasteiger partial charge in [-0.2, -0.15) is 0 Å². The molecular formula is C22H19NO3. The number of amides is 1. The Morgan fingerprint density at radius 1 is 0.846 bits per heavy atom. The standard InChI is InChI=1S/C22H19NO3/c24-15-20(16-9-3-1-4-10-16)23-21(25)18-13-7-8-14-19(18)22(23,26)17-11-5-2-6-12-17/h1-14,20,24,26H,15H2/t20-,22?/m1/s1. The van der Waals surface area contributed by atoms with Crippen molar-refractivity contribution in [2.24, 2.45) is 0 Å². The summed E-state index contributed by atoms with van der Waals surface area (Å²) in [6.45, 7) is -0.293. The monoisotopic (exact) mass is 345 g/mol. The van der Waals surface area contributed by atoms with Gasteiger partial charge in [-0.05, 0) is 11.6 Å². The molecule has 0 aliphatic carbocycles. The number of aliphatic hydroxyl groups is 2. The minimum Gasteiger partial charge on any atom is -0.394 e. The number of rotatable bonds is 4. The third kappa shape index (κ3) is 2.35. The first-order valence-electron chi connectivity index (χ1n) is 8.55. The van der Waals surface area contributed by atoms with Crippen molar-refractivity contribution in [2.75, 3.05) is 6.61 Å². The fourth-order valence-corrected chi connectivity index (χ4v) is 3.72. The maximum Gasteiger partial charge on any atom is 0.257 e. The molecule has 26 heavy (non-hydrogen) atoms. The molecule has 4 nitrogen and oxygen atoms in total. The Bertz CT molecular complexity index is 926. The first-order valence-corrected chi connectivity index (χ1v) is 8.55. The van der Waals surface area contributed by atoms with Crippen LogP contribution in [0.3, 0.4) is 0 Å². The zero-order valence-electron chi connectivity index (χ0n) is 14.1. The Balaban J connectivity index is 1.94. The zero-order valence-corrected chi connectivity index (χ0v) is 14.1. The van der Waals surface area contributed by atoms with Gasteiger partial charge in [0.1, 0.15) is 0 Å². The van der Waals surface area contributed by atoms with Crippen molar-refractivity contribution in [3.05, 3.63) is 107 Å². The molecule has 2 atom stereocenters. The van der Waals surface area contributed by atoms with E-state index in [1.54, 1.807) is 36.4 Å². The Morgan fingerprint density at radius 2 is 1.42 bits per heavy atom. The number of hydrogen-bond acceptors (Lipinski definition) is 3. The molecule has 3 aromatic rings. The van der Waals surface area contributed by atoms with E-state index in [9.17, 15) is 15.0 Å². The average molecular weight is 345 g/mol. The topological polar surface area (TPSA) is 60.8 Å². The predicted molar refractivity (Wildman–Crippen MR) is 98.3 cm³/mol. The lowest BCUT2D eigenvalue weighted by atomic mass is 9.92. The largest absolute Gasteiger partial charge is 0.394 e. The van der Waals surface area contributed by atoms with Crippen molar-refractivity contribution in [3.8, 4) is 0 Å². The Hall–Kier alpha value is -2.95. The normalized spacial score (nSPS) is 20.1. The van der Waals surface area contributed by atoms with E-state index in [-0.39, 0.29) is 12.5 Å². The minimum atomic E-state index is -1.64. The summed E-state index contributed by atoms with van der Waals surface area (Å²) in [4.78, 5) is 14.6. The van der Waals surface area contributed by atoms with Crippen molar-refractivity contribution >= 4 is 5.91 Å². The van der Waals surface area contributed by atoms with Crippen LogP contribution in [0.5, 0.6) is 0 Å². The van der Waals surface area contributed by atoms with Gasteiger partial charge in [0.2, 0.25) is 0 Å². The summed E-state index contributed by atoms with van der Waals surface area (Å²) in [5.41, 5.74) is 0.704. The van der Waals surface area contributed by atoms with Gasteiger partial charge in [0, 0.05) is 16.7 Å². The number of aliphatic hydroxyl groups excluding tert-OH is 1. The van der Waals surface area contributed by atoms with Crippen LogP contribution in [0.2, 0.25) is 0 Å². The van der Waals surface area contributed by atoms with E-state index in [2.05, 4.69) is 0 Å². The van der Waals surface area contributed by atoms with Crippen LogP contribution in [0.15, 0.2) is 84.9 Å². The highest BCUT2D eigenvalue weighted by Crippen LogP contribution is 2.46. The average Bonchev–Trinajstić information content (AvgIpc) is 2.94. The smallest absolute Gasteiger partial charge is 0.257 e. The molecule has 1 aliphatic rings. The highest BCUT2D eigenvalue weighted by Gasteiger charge is 2.52. The van der Waals surface area contributed by atoms with Gasteiger partial charge in [-0.1, -0.05) is 78.9 Å². The molecule has 0 fully saturated rings. The summed E-state index contributed by atoms with van der Waals surface area (Å²) in [6, 6.07) is 24.8. The molecule has 2 N–H and O–H groups in total. The third-order valence-electron chi connectivity index (χ3n) is 4.95. The van der Waals surface area contributed by atoms with Crippen LogP contribution in [0.1, 0.15) is 33.1 Å². The molecule has 1 aliphatic heterocycles. The van der Waals surface area contributed by atoms with E-state index in [0.29, 0.717) is 16.7 Å². The molecular weight excluding hydrogens is 326 g/mol. The maximum absolute atomic E-state index is 13.2. The van der Waals surface area contributed by atoms with E-state index in [4.69, 9.17) is 0 Å². The molecule has 4 rings (SSSR count). The fraction of sp³-hybridized carbons (Fsp3) is 0.136. The van der Waals surface area contributed by atoms with Crippen LogP contribution in [-0.2, 0) is 5.72 Å². The number of carbonyl (C=O) groups excluding carboxylic acids is 1. The first-order chi connectivity index (χ1) is 12.7. The van der Waals surface area contributed by atoms with Crippen molar-refractivity contribution in [1.29, 1.82) is 0 Å². The van der Waals surface area contributed by atoms with E-state index < -0.39 is 11.8 Å². The van der Waals surface area contributed by atoms with Crippen LogP contribution >= 0.6 is 0 Å². The molecule has 0 aromatic heterocycles. The molecule has 1 heterocycles. The summed E-state index contributed by atoms with van der Waals surface area (Å²) >= 11 is 0. The van der Waals surface area contributed by atoms with Crippen molar-refractivity contribution in [3.63, 3.8) is 0 Å². The van der Waals surface area contributed by atoms with Gasteiger partial charge in [0.25, 0.3) is 5.91 Å². The summed E-state index contributed by atoms with van der Waals surface area (Å²) in [5, 5.41) is 21.9. The van der Waals surface area contributed by atoms with Crippen LogP contribution in [-0.4, -0.2) is 27.6 Å². The van der Waals surface area contributed by atoms with Gasteiger partial charge < -0.3 is 10.2 Å². The van der Waals surface area contributed by atoms with Gasteiger partial charge >= 0.3 is 0 Å².